The highest BCUT2D eigenvalue weighted by molar-refractivity contribution is 7.85. The molecule has 0 fully saturated rings. The highest BCUT2D eigenvalue weighted by Gasteiger charge is 2.30. The summed E-state index contributed by atoms with van der Waals surface area (Å²) in [5, 5.41) is 4.86. The average molecular weight is 643 g/mol. The second-order valence-corrected chi connectivity index (χ2v) is 15.5. The lowest BCUT2D eigenvalue weighted by atomic mass is 9.99. The fourth-order valence-corrected chi connectivity index (χ4v) is 10.3. The van der Waals surface area contributed by atoms with E-state index in [2.05, 4.69) is 78.9 Å². The Morgan fingerprint density at radius 2 is 0.936 bits per heavy atom. The molecule has 5 heteroatoms. The van der Waals surface area contributed by atoms with E-state index in [0.29, 0.717) is 11.5 Å². The average Bonchev–Trinajstić information content (AvgIpc) is 3.50. The molecule has 0 spiro atoms. The molecule has 8 aromatic rings. The van der Waals surface area contributed by atoms with Crippen LogP contribution in [0.5, 0.6) is 23.0 Å². The van der Waals surface area contributed by atoms with E-state index in [0.717, 1.165) is 49.7 Å². The summed E-state index contributed by atoms with van der Waals surface area (Å²) < 4.78 is 30.2. The van der Waals surface area contributed by atoms with Gasteiger partial charge in [0.1, 0.15) is 0 Å². The van der Waals surface area contributed by atoms with E-state index in [1.54, 1.807) is 11.3 Å². The number of hydrogen-bond acceptors (Lipinski definition) is 4. The van der Waals surface area contributed by atoms with Gasteiger partial charge in [0.25, 0.3) is 0 Å². The highest BCUT2D eigenvalue weighted by atomic mass is 32.1. The molecule has 0 amide bonds. The van der Waals surface area contributed by atoms with Gasteiger partial charge in [0.15, 0.2) is 30.1 Å². The van der Waals surface area contributed by atoms with Crippen molar-refractivity contribution in [1.29, 1.82) is 0 Å². The van der Waals surface area contributed by atoms with Gasteiger partial charge in [0, 0.05) is 42.2 Å². The molecule has 1 aromatic heterocycles. The van der Waals surface area contributed by atoms with Gasteiger partial charge in [-0.05, 0) is 58.7 Å². The molecule has 3 nitrogen and oxygen atoms in total. The van der Waals surface area contributed by atoms with Crippen LogP contribution < -0.4 is 25.4 Å². The molecule has 0 unspecified atom stereocenters. The predicted molar refractivity (Wildman–Crippen MR) is 196 cm³/mol. The van der Waals surface area contributed by atoms with E-state index < -0.39 is 7.14 Å². The van der Waals surface area contributed by atoms with Gasteiger partial charge in [-0.1, -0.05) is 121 Å². The fraction of sp³-hybridized carbons (Fsp3) is 0. The van der Waals surface area contributed by atoms with Crippen molar-refractivity contribution in [2.75, 3.05) is 0 Å². The summed E-state index contributed by atoms with van der Waals surface area (Å²) in [6.07, 6.45) is 0. The molecule has 47 heavy (non-hydrogen) atoms. The van der Waals surface area contributed by atoms with Gasteiger partial charge < -0.3 is 14.0 Å². The Hall–Kier alpha value is -5.41. The van der Waals surface area contributed by atoms with Crippen LogP contribution >= 0.6 is 18.5 Å². The van der Waals surface area contributed by atoms with Crippen molar-refractivity contribution in [1.82, 2.24) is 0 Å². The van der Waals surface area contributed by atoms with Crippen LogP contribution in [0.2, 0.25) is 0 Å². The Kier molecular flexibility index (Phi) is 6.60. The van der Waals surface area contributed by atoms with Crippen LogP contribution in [0.3, 0.4) is 0 Å². The molecule has 0 saturated heterocycles. The third kappa shape index (κ3) is 4.77. The summed E-state index contributed by atoms with van der Waals surface area (Å²) in [5.41, 5.74) is 4.13. The lowest BCUT2D eigenvalue weighted by Gasteiger charge is -2.21. The van der Waals surface area contributed by atoms with Gasteiger partial charge in [-0.2, -0.15) is 0 Å². The van der Waals surface area contributed by atoms with Gasteiger partial charge in [0.2, 0.25) is 0 Å². The molecule has 2 heterocycles. The van der Waals surface area contributed by atoms with Crippen molar-refractivity contribution in [3.63, 3.8) is 0 Å². The zero-order valence-electron chi connectivity index (χ0n) is 25.2. The van der Waals surface area contributed by atoms with Crippen LogP contribution in [0, 0.1) is 0 Å². The molecular formula is C42H27O3PS. The smallest absolute Gasteiger partial charge is 0.171 e. The van der Waals surface area contributed by atoms with Crippen molar-refractivity contribution in [3.8, 4) is 45.3 Å². The minimum absolute atomic E-state index is 0.689. The Morgan fingerprint density at radius 3 is 1.68 bits per heavy atom. The highest BCUT2D eigenvalue weighted by Crippen LogP contribution is 2.50. The summed E-state index contributed by atoms with van der Waals surface area (Å²) in [5.74, 6) is 2.84. The molecule has 0 radical (unpaired) electrons. The number of hydrogen-bond donors (Lipinski definition) is 0. The molecule has 0 N–H and O–H groups in total. The first-order valence-corrected chi connectivity index (χ1v) is 18.0. The topological polar surface area (TPSA) is 35.5 Å². The van der Waals surface area contributed by atoms with E-state index in [-0.39, 0.29) is 0 Å². The van der Waals surface area contributed by atoms with Crippen molar-refractivity contribution < 1.29 is 14.0 Å². The lowest BCUT2D eigenvalue weighted by Crippen LogP contribution is -2.25. The molecule has 0 bridgehead atoms. The lowest BCUT2D eigenvalue weighted by molar-refractivity contribution is 0.360. The number of rotatable bonds is 5. The van der Waals surface area contributed by atoms with Crippen LogP contribution in [-0.2, 0) is 4.57 Å². The van der Waals surface area contributed by atoms with Crippen molar-refractivity contribution in [3.05, 3.63) is 164 Å². The largest absolute Gasteiger partial charge is 0.449 e. The second kappa shape index (κ2) is 11.1. The van der Waals surface area contributed by atoms with Crippen LogP contribution in [0.1, 0.15) is 0 Å². The zero-order valence-corrected chi connectivity index (χ0v) is 26.9. The minimum Gasteiger partial charge on any atom is -0.449 e. The fourth-order valence-electron chi connectivity index (χ4n) is 6.46. The van der Waals surface area contributed by atoms with Crippen molar-refractivity contribution in [2.45, 2.75) is 0 Å². The molecule has 1 aliphatic heterocycles. The molecule has 0 saturated carbocycles. The first kappa shape index (κ1) is 27.9. The number of benzene rings is 7. The Morgan fingerprint density at radius 1 is 0.383 bits per heavy atom. The monoisotopic (exact) mass is 642 g/mol. The van der Waals surface area contributed by atoms with E-state index in [1.165, 1.54) is 20.2 Å². The van der Waals surface area contributed by atoms with Crippen molar-refractivity contribution in [2.24, 2.45) is 0 Å². The van der Waals surface area contributed by atoms with Gasteiger partial charge in [-0.15, -0.1) is 11.3 Å². The third-order valence-corrected chi connectivity index (χ3v) is 13.0. The molecule has 224 valence electrons. The van der Waals surface area contributed by atoms with Crippen LogP contribution in [0.25, 0.3) is 42.4 Å². The van der Waals surface area contributed by atoms with Crippen LogP contribution in [0.4, 0.5) is 0 Å². The second-order valence-electron chi connectivity index (χ2n) is 11.7. The molecular weight excluding hydrogens is 616 g/mol. The zero-order chi connectivity index (χ0) is 31.4. The quantitative estimate of drug-likeness (QED) is 0.175. The predicted octanol–water partition coefficient (Wildman–Crippen LogP) is 10.9. The standard InChI is InChI=1S/C42H27O3PS/c43-46(32-14-3-1-4-15-32,33-16-5-2-6-17-33)34-18-10-13-30(24-34)28-11-9-12-29(23-28)31-21-22-37-38(25-31)45-40-27-42-36(26-39(40)44-37)35-19-7-8-20-41(35)47-42/h1-27H. The maximum absolute atomic E-state index is 15.0. The van der Waals surface area contributed by atoms with Gasteiger partial charge in [0.05, 0.1) is 0 Å². The van der Waals surface area contributed by atoms with E-state index in [9.17, 15) is 0 Å². The van der Waals surface area contributed by atoms with Crippen LogP contribution in [0.15, 0.2) is 164 Å². The molecule has 7 aromatic carbocycles. The third-order valence-electron chi connectivity index (χ3n) is 8.81. The maximum atomic E-state index is 15.0. The Balaban J connectivity index is 1.06. The summed E-state index contributed by atoms with van der Waals surface area (Å²) in [6.45, 7) is 0. The normalized spacial score (nSPS) is 12.3. The van der Waals surface area contributed by atoms with Crippen LogP contribution in [-0.4, -0.2) is 0 Å². The summed E-state index contributed by atoms with van der Waals surface area (Å²) in [7, 11) is -3.09. The minimum atomic E-state index is -3.09. The van der Waals surface area contributed by atoms with Crippen molar-refractivity contribution >= 4 is 54.6 Å². The van der Waals surface area contributed by atoms with Gasteiger partial charge in [-0.25, -0.2) is 0 Å². The summed E-state index contributed by atoms with van der Waals surface area (Å²) >= 11 is 1.76. The first-order chi connectivity index (χ1) is 23.1. The van der Waals surface area contributed by atoms with Gasteiger partial charge in [-0.3, -0.25) is 0 Å². The van der Waals surface area contributed by atoms with E-state index >= 15 is 4.57 Å². The Bertz CT molecular complexity index is 2460. The SMILES string of the molecule is O=P(c1ccccc1)(c1ccccc1)c1cccc(-c2cccc(-c3ccc4c(c3)Oc3cc5sc6ccccc6c5cc3O4)c2)c1. The number of ether oxygens (including phenoxy) is 2. The summed E-state index contributed by atoms with van der Waals surface area (Å²) in [6, 6.07) is 54.9. The van der Waals surface area contributed by atoms with Gasteiger partial charge >= 0.3 is 0 Å². The molecule has 9 rings (SSSR count). The Labute approximate surface area is 276 Å². The van der Waals surface area contributed by atoms with E-state index in [4.69, 9.17) is 9.47 Å². The maximum Gasteiger partial charge on any atom is 0.171 e. The molecule has 0 atom stereocenters. The summed E-state index contributed by atoms with van der Waals surface area (Å²) in [4.78, 5) is 0. The molecule has 0 aliphatic carbocycles. The molecule has 1 aliphatic rings. The number of thiophene rings is 1. The van der Waals surface area contributed by atoms with E-state index in [1.807, 2.05) is 84.9 Å². The first-order valence-electron chi connectivity index (χ1n) is 15.5. The number of fused-ring (bicyclic) bond motifs is 5.